The first kappa shape index (κ1) is 23.1. The number of fused-ring (bicyclic) bond motifs is 1. The van der Waals surface area contributed by atoms with Crippen molar-refractivity contribution in [3.63, 3.8) is 0 Å². The van der Waals surface area contributed by atoms with E-state index in [1.807, 2.05) is 18.2 Å². The van der Waals surface area contributed by atoms with Crippen LogP contribution in [-0.4, -0.2) is 47.9 Å². The van der Waals surface area contributed by atoms with E-state index in [9.17, 15) is 4.79 Å². The van der Waals surface area contributed by atoms with Gasteiger partial charge in [-0.25, -0.2) is 0 Å². The molecule has 1 saturated heterocycles. The number of rotatable bonds is 6. The van der Waals surface area contributed by atoms with E-state index in [4.69, 9.17) is 27.6 Å². The molecule has 8 heteroatoms. The summed E-state index contributed by atoms with van der Waals surface area (Å²) in [6.07, 6.45) is 0.852. The highest BCUT2D eigenvalue weighted by Crippen LogP contribution is 2.30. The molecule has 1 N–H and O–H groups in total. The number of carbonyl (C=O) groups is 1. The fourth-order valence-corrected chi connectivity index (χ4v) is 5.58. The number of hydrogen-bond donors (Lipinski definition) is 1. The summed E-state index contributed by atoms with van der Waals surface area (Å²) in [6, 6.07) is 21.3. The highest BCUT2D eigenvalue weighted by molar-refractivity contribution is 7.13. The van der Waals surface area contributed by atoms with Crippen LogP contribution in [0.1, 0.15) is 15.9 Å². The van der Waals surface area contributed by atoms with E-state index in [2.05, 4.69) is 45.4 Å². The number of aromatic nitrogens is 1. The second-order valence-electron chi connectivity index (χ2n) is 8.32. The van der Waals surface area contributed by atoms with Crippen molar-refractivity contribution in [3.8, 4) is 0 Å². The van der Waals surface area contributed by atoms with Gasteiger partial charge < -0.3 is 10.2 Å². The molecule has 1 aliphatic rings. The highest BCUT2D eigenvalue weighted by Gasteiger charge is 2.21. The van der Waals surface area contributed by atoms with E-state index in [0.29, 0.717) is 15.6 Å². The van der Waals surface area contributed by atoms with Crippen LogP contribution in [0.15, 0.2) is 66.7 Å². The van der Waals surface area contributed by atoms with Gasteiger partial charge in [0.05, 0.1) is 15.3 Å². The number of halogens is 2. The number of anilines is 2. The zero-order valence-corrected chi connectivity index (χ0v) is 20.8. The summed E-state index contributed by atoms with van der Waals surface area (Å²) in [5.74, 6) is 0.868. The number of benzene rings is 3. The molecule has 1 fully saturated rings. The summed E-state index contributed by atoms with van der Waals surface area (Å²) < 4.78 is 5.94. The van der Waals surface area contributed by atoms with Crippen molar-refractivity contribution < 1.29 is 4.79 Å². The molecule has 5 rings (SSSR count). The van der Waals surface area contributed by atoms with Gasteiger partial charge in [-0.2, -0.15) is 4.37 Å². The fraction of sp³-hybridized carbons (Fsp3) is 0.231. The van der Waals surface area contributed by atoms with Gasteiger partial charge in [-0.3, -0.25) is 9.69 Å². The second-order valence-corrected chi connectivity index (χ2v) is 9.97. The van der Waals surface area contributed by atoms with Crippen molar-refractivity contribution in [2.75, 3.05) is 42.9 Å². The van der Waals surface area contributed by atoms with E-state index in [-0.39, 0.29) is 5.91 Å². The standard InChI is InChI=1S/C26H24Cl2N4OS/c27-19-9-10-20(22(28)17-19)26(33)29-23-7-3-1-5-18(23)11-12-31-13-15-32(16-14-31)25-21-6-2-4-8-24(21)34-30-25/h1-10,17H,11-16H2,(H,29,33). The Balaban J connectivity index is 1.19. The Hall–Kier alpha value is -2.64. The maximum absolute atomic E-state index is 12.8. The Bertz CT molecular complexity index is 1320. The smallest absolute Gasteiger partial charge is 0.257 e. The van der Waals surface area contributed by atoms with Crippen LogP contribution < -0.4 is 10.2 Å². The van der Waals surface area contributed by atoms with Gasteiger partial charge in [-0.15, -0.1) is 0 Å². The summed E-state index contributed by atoms with van der Waals surface area (Å²) in [5, 5.41) is 5.10. The molecule has 0 bridgehead atoms. The quantitative estimate of drug-likeness (QED) is 0.334. The Morgan fingerprint density at radius 2 is 1.74 bits per heavy atom. The summed E-state index contributed by atoms with van der Waals surface area (Å²) in [5.41, 5.74) is 2.33. The van der Waals surface area contributed by atoms with Crippen molar-refractivity contribution in [1.82, 2.24) is 9.27 Å². The molecule has 5 nitrogen and oxygen atoms in total. The zero-order valence-electron chi connectivity index (χ0n) is 18.5. The third-order valence-corrected chi connectivity index (χ3v) is 7.53. The summed E-state index contributed by atoms with van der Waals surface area (Å²) in [6.45, 7) is 4.82. The number of hydrogen-bond acceptors (Lipinski definition) is 5. The Morgan fingerprint density at radius 1 is 0.971 bits per heavy atom. The van der Waals surface area contributed by atoms with Crippen LogP contribution in [0.2, 0.25) is 10.0 Å². The number of nitrogens with zero attached hydrogens (tertiary/aromatic N) is 3. The lowest BCUT2D eigenvalue weighted by Gasteiger charge is -2.35. The Kier molecular flexibility index (Phi) is 7.02. The minimum absolute atomic E-state index is 0.238. The van der Waals surface area contributed by atoms with E-state index in [0.717, 1.165) is 56.2 Å². The van der Waals surface area contributed by atoms with E-state index < -0.39 is 0 Å². The van der Waals surface area contributed by atoms with Crippen molar-refractivity contribution in [3.05, 3.63) is 87.9 Å². The summed E-state index contributed by atoms with van der Waals surface area (Å²) in [7, 11) is 0. The minimum atomic E-state index is -0.238. The molecular formula is C26H24Cl2N4OS. The Labute approximate surface area is 213 Å². The molecule has 0 radical (unpaired) electrons. The molecule has 0 atom stereocenters. The lowest BCUT2D eigenvalue weighted by atomic mass is 10.1. The lowest BCUT2D eigenvalue weighted by molar-refractivity contribution is 0.102. The van der Waals surface area contributed by atoms with Gasteiger partial charge in [0.15, 0.2) is 0 Å². The number of carbonyl (C=O) groups excluding carboxylic acids is 1. The van der Waals surface area contributed by atoms with Gasteiger partial charge in [0.1, 0.15) is 5.82 Å². The van der Waals surface area contributed by atoms with Crippen LogP contribution in [0, 0.1) is 0 Å². The molecule has 34 heavy (non-hydrogen) atoms. The first-order valence-corrected chi connectivity index (χ1v) is 12.8. The average molecular weight is 511 g/mol. The molecule has 2 heterocycles. The SMILES string of the molecule is O=C(Nc1ccccc1CCN1CCN(c2nsc3ccccc23)CC1)c1ccc(Cl)cc1Cl. The van der Waals surface area contributed by atoms with Crippen molar-refractivity contribution in [2.45, 2.75) is 6.42 Å². The number of para-hydroxylation sites is 1. The molecule has 1 amide bonds. The van der Waals surface area contributed by atoms with Gasteiger partial charge in [0.2, 0.25) is 0 Å². The van der Waals surface area contributed by atoms with E-state index >= 15 is 0 Å². The van der Waals surface area contributed by atoms with Gasteiger partial charge in [0.25, 0.3) is 5.91 Å². The first-order valence-electron chi connectivity index (χ1n) is 11.2. The van der Waals surface area contributed by atoms with Crippen molar-refractivity contribution in [2.24, 2.45) is 0 Å². The molecule has 174 valence electrons. The Morgan fingerprint density at radius 3 is 2.56 bits per heavy atom. The maximum atomic E-state index is 12.8. The van der Waals surface area contributed by atoms with Crippen LogP contribution in [0.5, 0.6) is 0 Å². The van der Waals surface area contributed by atoms with Crippen LogP contribution in [0.3, 0.4) is 0 Å². The number of piperazine rings is 1. The van der Waals surface area contributed by atoms with Gasteiger partial charge in [-0.1, -0.05) is 53.5 Å². The molecular weight excluding hydrogens is 487 g/mol. The number of amides is 1. The zero-order chi connectivity index (χ0) is 23.5. The third-order valence-electron chi connectivity index (χ3n) is 6.17. The molecule has 3 aromatic carbocycles. The monoisotopic (exact) mass is 510 g/mol. The van der Waals surface area contributed by atoms with Crippen LogP contribution in [0.4, 0.5) is 11.5 Å². The lowest BCUT2D eigenvalue weighted by Crippen LogP contribution is -2.47. The topological polar surface area (TPSA) is 48.5 Å². The molecule has 4 aromatic rings. The van der Waals surface area contributed by atoms with E-state index in [1.54, 1.807) is 29.7 Å². The molecule has 1 aliphatic heterocycles. The van der Waals surface area contributed by atoms with Crippen molar-refractivity contribution >= 4 is 62.2 Å². The predicted molar refractivity (Wildman–Crippen MR) is 143 cm³/mol. The van der Waals surface area contributed by atoms with Crippen LogP contribution in [0.25, 0.3) is 10.1 Å². The molecule has 0 saturated carbocycles. The fourth-order valence-electron chi connectivity index (χ4n) is 4.29. The molecule has 0 spiro atoms. The van der Waals surface area contributed by atoms with E-state index in [1.165, 1.54) is 10.1 Å². The second kappa shape index (κ2) is 10.3. The third kappa shape index (κ3) is 5.05. The normalized spacial score (nSPS) is 14.5. The average Bonchev–Trinajstić information content (AvgIpc) is 3.28. The molecule has 1 aromatic heterocycles. The minimum Gasteiger partial charge on any atom is -0.353 e. The van der Waals surface area contributed by atoms with Crippen molar-refractivity contribution in [1.29, 1.82) is 0 Å². The largest absolute Gasteiger partial charge is 0.353 e. The predicted octanol–water partition coefficient (Wildman–Crippen LogP) is 6.22. The molecule has 0 aliphatic carbocycles. The van der Waals surface area contributed by atoms with Gasteiger partial charge in [0, 0.05) is 48.8 Å². The van der Waals surface area contributed by atoms with Gasteiger partial charge in [-0.05, 0) is 59.9 Å². The van der Waals surface area contributed by atoms with Crippen LogP contribution >= 0.6 is 34.7 Å². The maximum Gasteiger partial charge on any atom is 0.257 e. The molecule has 0 unspecified atom stereocenters. The first-order chi connectivity index (χ1) is 16.6. The van der Waals surface area contributed by atoms with Crippen LogP contribution in [-0.2, 0) is 6.42 Å². The van der Waals surface area contributed by atoms with Gasteiger partial charge >= 0.3 is 0 Å². The summed E-state index contributed by atoms with van der Waals surface area (Å²) >= 11 is 13.7. The summed E-state index contributed by atoms with van der Waals surface area (Å²) in [4.78, 5) is 17.6. The highest BCUT2D eigenvalue weighted by atomic mass is 35.5. The number of nitrogens with one attached hydrogen (secondary N) is 1.